The fourth-order valence-corrected chi connectivity index (χ4v) is 3.20. The minimum absolute atomic E-state index is 0.227. The molecule has 4 rings (SSSR count). The van der Waals surface area contributed by atoms with Gasteiger partial charge in [-0.2, -0.15) is 0 Å². The summed E-state index contributed by atoms with van der Waals surface area (Å²) in [4.78, 5) is 5.56. The molecule has 0 spiro atoms. The van der Waals surface area contributed by atoms with Gasteiger partial charge in [-0.1, -0.05) is 53.7 Å². The van der Waals surface area contributed by atoms with Crippen molar-refractivity contribution < 1.29 is 8.91 Å². The number of anilines is 2. The van der Waals surface area contributed by atoms with Gasteiger partial charge in [0.25, 0.3) is 0 Å². The topological polar surface area (TPSA) is 92.0 Å². The average Bonchev–Trinajstić information content (AvgIpc) is 3.22. The molecule has 0 bridgehead atoms. The molecule has 150 valence electrons. The maximum Gasteiger partial charge on any atom is 0.240 e. The summed E-state index contributed by atoms with van der Waals surface area (Å²) in [6.45, 7) is 0. The first kappa shape index (κ1) is 19.3. The van der Waals surface area contributed by atoms with E-state index in [9.17, 15) is 4.39 Å². The smallest absolute Gasteiger partial charge is 0.240 e. The highest BCUT2D eigenvalue weighted by molar-refractivity contribution is 5.97. The molecule has 3 N–H and O–H groups in total. The molecule has 0 aliphatic rings. The molecule has 2 aromatic heterocycles. The number of nitrogens with two attached hydrogens (primary N) is 1. The number of rotatable bonds is 6. The molecule has 0 fully saturated rings. The Morgan fingerprint density at radius 1 is 1.00 bits per heavy atom. The number of pyridine rings is 1. The Kier molecular flexibility index (Phi) is 5.52. The quantitative estimate of drug-likeness (QED) is 0.361. The van der Waals surface area contributed by atoms with E-state index in [2.05, 4.69) is 10.1 Å². The summed E-state index contributed by atoms with van der Waals surface area (Å²) in [6.07, 6.45) is 2.76. The number of hydrogen-bond donors (Lipinski definition) is 2. The lowest BCUT2D eigenvalue weighted by Crippen LogP contribution is -2.32. The lowest BCUT2D eigenvalue weighted by molar-refractivity contribution is 0.420. The summed E-state index contributed by atoms with van der Waals surface area (Å²) in [5.41, 5.74) is 8.67. The Morgan fingerprint density at radius 2 is 1.80 bits per heavy atom. The van der Waals surface area contributed by atoms with Gasteiger partial charge >= 0.3 is 0 Å². The Bertz CT molecular complexity index is 1140. The van der Waals surface area contributed by atoms with E-state index in [1.54, 1.807) is 42.6 Å². The minimum Gasteiger partial charge on any atom is -0.369 e. The summed E-state index contributed by atoms with van der Waals surface area (Å²) in [5, 5.41) is 11.9. The predicted octanol–water partition coefficient (Wildman–Crippen LogP) is 4.69. The fourth-order valence-electron chi connectivity index (χ4n) is 3.20. The maximum atomic E-state index is 14.6. The van der Waals surface area contributed by atoms with Crippen LogP contribution < -0.4 is 10.6 Å². The summed E-state index contributed by atoms with van der Waals surface area (Å²) in [7, 11) is 0. The molecule has 2 heterocycles. The lowest BCUT2D eigenvalue weighted by Gasteiger charge is -2.17. The molecule has 0 unspecified atom stereocenters. The standard InChI is InChI=1S/C23H20FN5O/c24-20-14-16(10-12-19(20)17-6-2-1-3-7-17)9-11-18-15-22(30-28-18)29(23(25)26)21-8-4-5-13-27-21/h1-8,10,12-15H,9,11H2,(H3,25,26). The van der Waals surface area contributed by atoms with Gasteiger partial charge in [0.05, 0.1) is 5.69 Å². The van der Waals surface area contributed by atoms with Crippen LogP contribution in [0.4, 0.5) is 16.1 Å². The van der Waals surface area contributed by atoms with Crippen LogP contribution in [-0.2, 0) is 12.8 Å². The molecule has 6 nitrogen and oxygen atoms in total. The van der Waals surface area contributed by atoms with Crippen LogP contribution in [0.5, 0.6) is 0 Å². The fraction of sp³-hybridized carbons (Fsp3) is 0.0870. The van der Waals surface area contributed by atoms with Crippen molar-refractivity contribution in [3.05, 3.63) is 96.1 Å². The van der Waals surface area contributed by atoms with Crippen LogP contribution in [-0.4, -0.2) is 16.1 Å². The van der Waals surface area contributed by atoms with Crippen LogP contribution >= 0.6 is 0 Å². The summed E-state index contributed by atoms with van der Waals surface area (Å²) < 4.78 is 19.9. The predicted molar refractivity (Wildman–Crippen MR) is 114 cm³/mol. The average molecular weight is 401 g/mol. The van der Waals surface area contributed by atoms with E-state index in [4.69, 9.17) is 15.7 Å². The highest BCUT2D eigenvalue weighted by Gasteiger charge is 2.18. The van der Waals surface area contributed by atoms with Crippen LogP contribution in [0.1, 0.15) is 11.3 Å². The van der Waals surface area contributed by atoms with Gasteiger partial charge in [0.1, 0.15) is 11.6 Å². The summed E-state index contributed by atoms with van der Waals surface area (Å²) in [5.74, 6) is 0.292. The highest BCUT2D eigenvalue weighted by Crippen LogP contribution is 2.26. The monoisotopic (exact) mass is 401 g/mol. The van der Waals surface area contributed by atoms with Crippen molar-refractivity contribution in [2.75, 3.05) is 4.90 Å². The zero-order valence-corrected chi connectivity index (χ0v) is 16.1. The molecule has 30 heavy (non-hydrogen) atoms. The number of nitrogens with zero attached hydrogens (tertiary/aromatic N) is 3. The molecule has 7 heteroatoms. The zero-order valence-electron chi connectivity index (χ0n) is 16.1. The molecular formula is C23H20FN5O. The first-order valence-corrected chi connectivity index (χ1v) is 9.46. The summed E-state index contributed by atoms with van der Waals surface area (Å²) in [6, 6.07) is 21.7. The largest absolute Gasteiger partial charge is 0.369 e. The second kappa shape index (κ2) is 8.57. The van der Waals surface area contributed by atoms with Crippen molar-refractivity contribution in [1.29, 1.82) is 5.41 Å². The van der Waals surface area contributed by atoms with Crippen LogP contribution in [0, 0.1) is 11.2 Å². The first-order valence-electron chi connectivity index (χ1n) is 9.46. The maximum absolute atomic E-state index is 14.6. The minimum atomic E-state index is -0.252. The SMILES string of the molecule is N=C(N)N(c1ccccn1)c1cc(CCc2ccc(-c3ccccc3)c(F)c2)no1. The van der Waals surface area contributed by atoms with E-state index in [-0.39, 0.29) is 11.8 Å². The van der Waals surface area contributed by atoms with Crippen LogP contribution in [0.2, 0.25) is 0 Å². The molecule has 0 radical (unpaired) electrons. The van der Waals surface area contributed by atoms with Crippen molar-refractivity contribution >= 4 is 17.7 Å². The number of guanidine groups is 1. The van der Waals surface area contributed by atoms with Gasteiger partial charge in [-0.25, -0.2) is 14.3 Å². The second-order valence-electron chi connectivity index (χ2n) is 6.75. The number of aryl methyl sites for hydroxylation is 2. The summed E-state index contributed by atoms with van der Waals surface area (Å²) >= 11 is 0. The highest BCUT2D eigenvalue weighted by atomic mass is 19.1. The van der Waals surface area contributed by atoms with E-state index in [0.717, 1.165) is 11.1 Å². The van der Waals surface area contributed by atoms with Crippen LogP contribution in [0.25, 0.3) is 11.1 Å². The van der Waals surface area contributed by atoms with Gasteiger partial charge < -0.3 is 10.3 Å². The van der Waals surface area contributed by atoms with Gasteiger partial charge in [-0.05, 0) is 42.2 Å². The number of benzene rings is 2. The molecule has 0 aliphatic heterocycles. The second-order valence-corrected chi connectivity index (χ2v) is 6.75. The first-order chi connectivity index (χ1) is 14.6. The van der Waals surface area contributed by atoms with Crippen LogP contribution in [0.15, 0.2) is 83.5 Å². The molecule has 0 aliphatic carbocycles. The van der Waals surface area contributed by atoms with E-state index < -0.39 is 0 Å². The van der Waals surface area contributed by atoms with Crippen molar-refractivity contribution in [3.8, 4) is 11.1 Å². The third-order valence-electron chi connectivity index (χ3n) is 4.67. The third kappa shape index (κ3) is 4.20. The third-order valence-corrected chi connectivity index (χ3v) is 4.67. The van der Waals surface area contributed by atoms with Gasteiger partial charge in [0.2, 0.25) is 11.8 Å². The lowest BCUT2D eigenvalue weighted by atomic mass is 10.0. The Morgan fingerprint density at radius 3 is 2.50 bits per heavy atom. The van der Waals surface area contributed by atoms with Crippen LogP contribution in [0.3, 0.4) is 0 Å². The van der Waals surface area contributed by atoms with E-state index in [1.165, 1.54) is 4.90 Å². The van der Waals surface area contributed by atoms with E-state index in [1.807, 2.05) is 36.4 Å². The number of halogens is 1. The number of nitrogens with one attached hydrogen (secondary N) is 1. The molecule has 0 amide bonds. The molecule has 4 aromatic rings. The molecule has 2 aromatic carbocycles. The van der Waals surface area contributed by atoms with Crippen molar-refractivity contribution in [3.63, 3.8) is 0 Å². The molecular weight excluding hydrogens is 381 g/mol. The Labute approximate surface area is 173 Å². The molecule has 0 saturated carbocycles. The van der Waals surface area contributed by atoms with E-state index in [0.29, 0.717) is 35.8 Å². The zero-order chi connectivity index (χ0) is 20.9. The number of aromatic nitrogens is 2. The van der Waals surface area contributed by atoms with Crippen molar-refractivity contribution in [2.24, 2.45) is 5.73 Å². The molecule has 0 atom stereocenters. The number of hydrogen-bond acceptors (Lipinski definition) is 4. The van der Waals surface area contributed by atoms with Gasteiger partial charge in [-0.3, -0.25) is 5.41 Å². The van der Waals surface area contributed by atoms with Gasteiger partial charge in [0.15, 0.2) is 0 Å². The van der Waals surface area contributed by atoms with Gasteiger partial charge in [-0.15, -0.1) is 0 Å². The Balaban J connectivity index is 1.47. The van der Waals surface area contributed by atoms with Crippen molar-refractivity contribution in [1.82, 2.24) is 10.1 Å². The Hall–Kier alpha value is -4.00. The van der Waals surface area contributed by atoms with Gasteiger partial charge in [0, 0.05) is 17.8 Å². The van der Waals surface area contributed by atoms with Crippen molar-refractivity contribution in [2.45, 2.75) is 12.8 Å². The van der Waals surface area contributed by atoms with E-state index >= 15 is 0 Å². The molecule has 0 saturated heterocycles. The normalized spacial score (nSPS) is 10.7.